The Bertz CT molecular complexity index is 461. The highest BCUT2D eigenvalue weighted by atomic mass is 19.4. The van der Waals surface area contributed by atoms with Crippen molar-refractivity contribution in [1.29, 1.82) is 0 Å². The van der Waals surface area contributed by atoms with Crippen LogP contribution in [0.4, 0.5) is 17.6 Å². The summed E-state index contributed by atoms with van der Waals surface area (Å²) in [6.45, 7) is 1.89. The monoisotopic (exact) mass is 276 g/mol. The standard InChI is InChI=1S/C14H16F4O/c1-13(6-2-3-7-13)12(19)9-4-5-10(11(15)8-9)14(16,17)18/h4-5,8,12,19H,2-3,6-7H2,1H3. The van der Waals surface area contributed by atoms with E-state index in [0.29, 0.717) is 6.07 Å². The molecule has 0 aliphatic heterocycles. The van der Waals surface area contributed by atoms with Crippen molar-refractivity contribution < 1.29 is 22.7 Å². The fourth-order valence-corrected chi connectivity index (χ4v) is 2.79. The van der Waals surface area contributed by atoms with Crippen LogP contribution in [0.3, 0.4) is 0 Å². The molecule has 0 aromatic heterocycles. The van der Waals surface area contributed by atoms with Crippen LogP contribution in [0.25, 0.3) is 0 Å². The van der Waals surface area contributed by atoms with Crippen LogP contribution in [0.2, 0.25) is 0 Å². The lowest BCUT2D eigenvalue weighted by molar-refractivity contribution is -0.140. The fourth-order valence-electron chi connectivity index (χ4n) is 2.79. The van der Waals surface area contributed by atoms with Crippen LogP contribution in [0.5, 0.6) is 0 Å². The zero-order valence-electron chi connectivity index (χ0n) is 10.6. The molecular formula is C14H16F4O. The third kappa shape index (κ3) is 2.76. The highest BCUT2D eigenvalue weighted by molar-refractivity contribution is 5.29. The number of aliphatic hydroxyl groups is 1. The molecule has 1 atom stereocenters. The Morgan fingerprint density at radius 3 is 2.26 bits per heavy atom. The Balaban J connectivity index is 2.29. The first-order valence-corrected chi connectivity index (χ1v) is 6.29. The molecule has 1 aliphatic carbocycles. The lowest BCUT2D eigenvalue weighted by atomic mass is 9.79. The van der Waals surface area contributed by atoms with Gasteiger partial charge in [-0.15, -0.1) is 0 Å². The lowest BCUT2D eigenvalue weighted by Crippen LogP contribution is -2.22. The van der Waals surface area contributed by atoms with Gasteiger partial charge >= 0.3 is 6.18 Å². The summed E-state index contributed by atoms with van der Waals surface area (Å²) in [7, 11) is 0. The Morgan fingerprint density at radius 2 is 1.79 bits per heavy atom. The van der Waals surface area contributed by atoms with E-state index in [-0.39, 0.29) is 11.0 Å². The number of hydrogen-bond acceptors (Lipinski definition) is 1. The van der Waals surface area contributed by atoms with Gasteiger partial charge in [-0.05, 0) is 36.0 Å². The van der Waals surface area contributed by atoms with Crippen LogP contribution in [0.1, 0.15) is 49.8 Å². The van der Waals surface area contributed by atoms with E-state index in [1.165, 1.54) is 6.07 Å². The Morgan fingerprint density at radius 1 is 1.21 bits per heavy atom. The van der Waals surface area contributed by atoms with Crippen molar-refractivity contribution in [1.82, 2.24) is 0 Å². The molecule has 0 heterocycles. The molecule has 0 amide bonds. The summed E-state index contributed by atoms with van der Waals surface area (Å²) in [4.78, 5) is 0. The van der Waals surface area contributed by atoms with Crippen LogP contribution in [0.15, 0.2) is 18.2 Å². The number of rotatable bonds is 2. The highest BCUT2D eigenvalue weighted by Gasteiger charge is 2.38. The van der Waals surface area contributed by atoms with Crippen molar-refractivity contribution in [2.24, 2.45) is 5.41 Å². The van der Waals surface area contributed by atoms with Crippen molar-refractivity contribution >= 4 is 0 Å². The van der Waals surface area contributed by atoms with Crippen molar-refractivity contribution in [3.8, 4) is 0 Å². The summed E-state index contributed by atoms with van der Waals surface area (Å²) in [5, 5.41) is 10.2. The van der Waals surface area contributed by atoms with Gasteiger partial charge in [-0.1, -0.05) is 25.8 Å². The molecule has 0 spiro atoms. The second kappa shape index (κ2) is 4.78. The van der Waals surface area contributed by atoms with E-state index in [9.17, 15) is 22.7 Å². The van der Waals surface area contributed by atoms with E-state index < -0.39 is 23.7 Å². The Kier molecular flexibility index (Phi) is 3.60. The molecule has 1 fully saturated rings. The number of benzene rings is 1. The van der Waals surface area contributed by atoms with Gasteiger partial charge in [-0.3, -0.25) is 0 Å². The molecule has 106 valence electrons. The third-order valence-corrected chi connectivity index (χ3v) is 4.02. The molecule has 1 aliphatic rings. The minimum absolute atomic E-state index is 0.218. The minimum Gasteiger partial charge on any atom is -0.388 e. The smallest absolute Gasteiger partial charge is 0.388 e. The second-order valence-electron chi connectivity index (χ2n) is 5.50. The maximum atomic E-state index is 13.5. The average molecular weight is 276 g/mol. The largest absolute Gasteiger partial charge is 0.419 e. The minimum atomic E-state index is -4.70. The van der Waals surface area contributed by atoms with Crippen LogP contribution in [-0.2, 0) is 6.18 Å². The molecule has 1 N–H and O–H groups in total. The van der Waals surface area contributed by atoms with Crippen molar-refractivity contribution in [3.05, 3.63) is 35.1 Å². The van der Waals surface area contributed by atoms with Gasteiger partial charge in [0.2, 0.25) is 0 Å². The van der Waals surface area contributed by atoms with E-state index in [1.807, 2.05) is 6.92 Å². The highest BCUT2D eigenvalue weighted by Crippen LogP contribution is 2.47. The SMILES string of the molecule is CC1(C(O)c2ccc(C(F)(F)F)c(F)c2)CCCC1. The zero-order chi connectivity index (χ0) is 14.3. The second-order valence-corrected chi connectivity index (χ2v) is 5.50. The van der Waals surface area contributed by atoms with Crippen molar-refractivity contribution in [3.63, 3.8) is 0 Å². The average Bonchev–Trinajstić information content (AvgIpc) is 2.74. The summed E-state index contributed by atoms with van der Waals surface area (Å²) in [6.07, 6.45) is -2.06. The fraction of sp³-hybridized carbons (Fsp3) is 0.571. The molecule has 19 heavy (non-hydrogen) atoms. The topological polar surface area (TPSA) is 20.2 Å². The summed E-state index contributed by atoms with van der Waals surface area (Å²) in [5.74, 6) is -1.33. The summed E-state index contributed by atoms with van der Waals surface area (Å²) < 4.78 is 50.9. The van der Waals surface area contributed by atoms with Gasteiger partial charge < -0.3 is 5.11 Å². The van der Waals surface area contributed by atoms with Crippen molar-refractivity contribution in [2.75, 3.05) is 0 Å². The molecule has 0 bridgehead atoms. The van der Waals surface area contributed by atoms with Gasteiger partial charge in [0.15, 0.2) is 0 Å². The summed E-state index contributed by atoms with van der Waals surface area (Å²) >= 11 is 0. The summed E-state index contributed by atoms with van der Waals surface area (Å²) in [6, 6.07) is 2.67. The van der Waals surface area contributed by atoms with E-state index in [4.69, 9.17) is 0 Å². The van der Waals surface area contributed by atoms with Crippen LogP contribution < -0.4 is 0 Å². The van der Waals surface area contributed by atoms with Crippen molar-refractivity contribution in [2.45, 2.75) is 44.9 Å². The van der Waals surface area contributed by atoms with Crippen LogP contribution >= 0.6 is 0 Å². The van der Waals surface area contributed by atoms with E-state index >= 15 is 0 Å². The molecule has 0 saturated heterocycles. The molecule has 1 aromatic rings. The van der Waals surface area contributed by atoms with Crippen LogP contribution in [0, 0.1) is 11.2 Å². The first-order valence-electron chi connectivity index (χ1n) is 6.29. The molecule has 1 aromatic carbocycles. The van der Waals surface area contributed by atoms with Gasteiger partial charge in [0.05, 0.1) is 11.7 Å². The molecule has 5 heteroatoms. The molecule has 1 unspecified atom stereocenters. The Labute approximate surface area is 109 Å². The molecule has 2 rings (SSSR count). The molecule has 0 radical (unpaired) electrons. The first kappa shape index (κ1) is 14.3. The number of aliphatic hydroxyl groups excluding tert-OH is 1. The van der Waals surface area contributed by atoms with Gasteiger partial charge in [0.25, 0.3) is 0 Å². The van der Waals surface area contributed by atoms with E-state index in [0.717, 1.165) is 31.7 Å². The van der Waals surface area contributed by atoms with E-state index in [1.54, 1.807) is 0 Å². The predicted molar refractivity (Wildman–Crippen MR) is 62.9 cm³/mol. The quantitative estimate of drug-likeness (QED) is 0.791. The molecular weight excluding hydrogens is 260 g/mol. The molecule has 1 saturated carbocycles. The van der Waals surface area contributed by atoms with Gasteiger partial charge in [0.1, 0.15) is 5.82 Å². The molecule has 1 nitrogen and oxygen atoms in total. The number of hydrogen-bond donors (Lipinski definition) is 1. The number of halogens is 4. The summed E-state index contributed by atoms with van der Waals surface area (Å²) in [5.41, 5.74) is -1.44. The van der Waals surface area contributed by atoms with Crippen LogP contribution in [-0.4, -0.2) is 5.11 Å². The first-order chi connectivity index (χ1) is 8.74. The normalized spacial score (nSPS) is 20.5. The van der Waals surface area contributed by atoms with Gasteiger partial charge in [-0.2, -0.15) is 13.2 Å². The zero-order valence-corrected chi connectivity index (χ0v) is 10.6. The van der Waals surface area contributed by atoms with Gasteiger partial charge in [-0.25, -0.2) is 4.39 Å². The third-order valence-electron chi connectivity index (χ3n) is 4.02. The maximum Gasteiger partial charge on any atom is 0.419 e. The predicted octanol–water partition coefficient (Wildman–Crippen LogP) is 4.46. The van der Waals surface area contributed by atoms with E-state index in [2.05, 4.69) is 0 Å². The Hall–Kier alpha value is -1.10. The maximum absolute atomic E-state index is 13.5. The van der Waals surface area contributed by atoms with Gasteiger partial charge in [0, 0.05) is 0 Å². The lowest BCUT2D eigenvalue weighted by Gasteiger charge is -2.30. The number of alkyl halides is 3.